The lowest BCUT2D eigenvalue weighted by atomic mass is 9.92. The number of carbonyl (C=O) groups excluding carboxylic acids is 4. The first-order valence-electron chi connectivity index (χ1n) is 13.4. The van der Waals surface area contributed by atoms with Crippen LogP contribution in [0.4, 0.5) is 5.69 Å². The van der Waals surface area contributed by atoms with Gasteiger partial charge in [-0.3, -0.25) is 24.1 Å². The number of carbonyl (C=O) groups is 4. The molecule has 4 aliphatic rings. The number of fused-ring (bicyclic) bond motifs is 2. The van der Waals surface area contributed by atoms with Gasteiger partial charge in [0.05, 0.1) is 16.8 Å². The molecule has 0 bridgehead atoms. The summed E-state index contributed by atoms with van der Waals surface area (Å²) >= 11 is 0. The normalized spacial score (nSPS) is 22.4. The lowest BCUT2D eigenvalue weighted by molar-refractivity contribution is -0.137. The smallest absolute Gasteiger partial charge is 0.264 e. The minimum atomic E-state index is -0.763. The number of nitrogens with zero attached hydrogens (tertiary/aromatic N) is 3. The Bertz CT molecular complexity index is 1270. The second-order valence-electron chi connectivity index (χ2n) is 10.5. The van der Waals surface area contributed by atoms with E-state index >= 15 is 0 Å². The van der Waals surface area contributed by atoms with Gasteiger partial charge in [-0.25, -0.2) is 0 Å². The summed E-state index contributed by atoms with van der Waals surface area (Å²) in [5.74, 6) is -0.860. The van der Waals surface area contributed by atoms with Gasteiger partial charge in [0.2, 0.25) is 11.8 Å². The number of piperidine rings is 1. The van der Waals surface area contributed by atoms with Crippen LogP contribution >= 0.6 is 0 Å². The average molecular weight is 501 g/mol. The zero-order valence-corrected chi connectivity index (χ0v) is 20.9. The fraction of sp³-hybridized carbons (Fsp3) is 0.448. The fourth-order valence-corrected chi connectivity index (χ4v) is 6.31. The number of benzene rings is 2. The molecule has 2 saturated heterocycles. The molecule has 0 spiro atoms. The van der Waals surface area contributed by atoms with Crippen molar-refractivity contribution in [3.8, 4) is 0 Å². The summed E-state index contributed by atoms with van der Waals surface area (Å²) in [4.78, 5) is 58.0. The predicted octanol–water partition coefficient (Wildman–Crippen LogP) is 2.75. The number of hydrogen-bond donors (Lipinski definition) is 1. The number of imide groups is 1. The van der Waals surface area contributed by atoms with E-state index in [4.69, 9.17) is 0 Å². The van der Waals surface area contributed by atoms with Crippen LogP contribution in [0.25, 0.3) is 0 Å². The van der Waals surface area contributed by atoms with Crippen molar-refractivity contribution in [2.24, 2.45) is 5.92 Å². The van der Waals surface area contributed by atoms with Gasteiger partial charge in [-0.1, -0.05) is 30.3 Å². The Morgan fingerprint density at radius 2 is 1.62 bits per heavy atom. The quantitative estimate of drug-likeness (QED) is 0.655. The van der Waals surface area contributed by atoms with E-state index in [-0.39, 0.29) is 29.5 Å². The van der Waals surface area contributed by atoms with E-state index in [0.29, 0.717) is 56.6 Å². The maximum atomic E-state index is 13.5. The molecule has 0 saturated carbocycles. The van der Waals surface area contributed by atoms with Gasteiger partial charge >= 0.3 is 0 Å². The molecule has 0 aromatic heterocycles. The molecule has 2 aromatic carbocycles. The summed E-state index contributed by atoms with van der Waals surface area (Å²) in [7, 11) is 0. The number of amides is 4. The SMILES string of the molecule is O=C1NCCCC[C@@H]1N1C(=O)c2cccc(N3CCC(C(=O)N4CCc5ccccc5C4)CC3)c2C1=O. The molecule has 4 heterocycles. The first kappa shape index (κ1) is 23.7. The molecule has 192 valence electrons. The van der Waals surface area contributed by atoms with Crippen LogP contribution in [0.3, 0.4) is 0 Å². The van der Waals surface area contributed by atoms with Crippen molar-refractivity contribution in [1.29, 1.82) is 0 Å². The molecule has 2 fully saturated rings. The summed E-state index contributed by atoms with van der Waals surface area (Å²) in [5, 5.41) is 2.83. The van der Waals surface area contributed by atoms with E-state index in [1.54, 1.807) is 12.1 Å². The van der Waals surface area contributed by atoms with Crippen molar-refractivity contribution in [1.82, 2.24) is 15.1 Å². The highest BCUT2D eigenvalue weighted by molar-refractivity contribution is 6.25. The molecule has 4 amide bonds. The van der Waals surface area contributed by atoms with Crippen LogP contribution in [-0.4, -0.2) is 65.6 Å². The van der Waals surface area contributed by atoms with Gasteiger partial charge in [0.25, 0.3) is 11.8 Å². The maximum absolute atomic E-state index is 13.5. The van der Waals surface area contributed by atoms with Crippen LogP contribution in [0.2, 0.25) is 0 Å². The van der Waals surface area contributed by atoms with Crippen molar-refractivity contribution in [3.05, 3.63) is 64.7 Å². The average Bonchev–Trinajstić information content (AvgIpc) is 3.05. The maximum Gasteiger partial charge on any atom is 0.264 e. The summed E-state index contributed by atoms with van der Waals surface area (Å²) in [6.45, 7) is 3.28. The lowest BCUT2D eigenvalue weighted by Gasteiger charge is -2.37. The molecule has 6 rings (SSSR count). The van der Waals surface area contributed by atoms with Crippen molar-refractivity contribution in [3.63, 3.8) is 0 Å². The number of anilines is 1. The van der Waals surface area contributed by atoms with Crippen LogP contribution in [0.15, 0.2) is 42.5 Å². The van der Waals surface area contributed by atoms with Crippen LogP contribution in [0, 0.1) is 5.92 Å². The third-order valence-electron chi connectivity index (χ3n) is 8.37. The van der Waals surface area contributed by atoms with E-state index < -0.39 is 6.04 Å². The summed E-state index contributed by atoms with van der Waals surface area (Å²) in [6.07, 6.45) is 4.42. The number of rotatable bonds is 3. The van der Waals surface area contributed by atoms with Crippen LogP contribution < -0.4 is 10.2 Å². The van der Waals surface area contributed by atoms with Gasteiger partial charge in [0.15, 0.2) is 0 Å². The second-order valence-corrected chi connectivity index (χ2v) is 10.5. The molecule has 0 unspecified atom stereocenters. The monoisotopic (exact) mass is 500 g/mol. The van der Waals surface area contributed by atoms with E-state index in [9.17, 15) is 19.2 Å². The molecule has 2 aromatic rings. The van der Waals surface area contributed by atoms with Crippen LogP contribution in [0.1, 0.15) is 63.9 Å². The largest absolute Gasteiger partial charge is 0.371 e. The minimum Gasteiger partial charge on any atom is -0.371 e. The molecule has 0 radical (unpaired) electrons. The van der Waals surface area contributed by atoms with Gasteiger partial charge in [-0.15, -0.1) is 0 Å². The number of nitrogens with one attached hydrogen (secondary N) is 1. The van der Waals surface area contributed by atoms with E-state index in [2.05, 4.69) is 28.4 Å². The Kier molecular flexibility index (Phi) is 6.18. The Labute approximate surface area is 216 Å². The van der Waals surface area contributed by atoms with Crippen molar-refractivity contribution >= 4 is 29.3 Å². The van der Waals surface area contributed by atoms with Gasteiger partial charge in [0.1, 0.15) is 6.04 Å². The van der Waals surface area contributed by atoms with Gasteiger partial charge in [0, 0.05) is 38.6 Å². The molecule has 37 heavy (non-hydrogen) atoms. The van der Waals surface area contributed by atoms with Crippen molar-refractivity contribution in [2.45, 2.75) is 51.1 Å². The Morgan fingerprint density at radius 1 is 0.838 bits per heavy atom. The molecule has 8 heteroatoms. The molecule has 4 aliphatic heterocycles. The molecular formula is C29H32N4O4. The highest BCUT2D eigenvalue weighted by Crippen LogP contribution is 2.36. The van der Waals surface area contributed by atoms with Gasteiger partial charge in [-0.2, -0.15) is 0 Å². The molecular weight excluding hydrogens is 468 g/mol. The molecule has 8 nitrogen and oxygen atoms in total. The predicted molar refractivity (Wildman–Crippen MR) is 138 cm³/mol. The standard InChI is InChI=1S/C29H32N4O4/c34-26-24(9-3-4-14-30-26)33-28(36)22-8-5-10-23(25(22)29(33)37)31-15-12-20(13-16-31)27(35)32-17-11-19-6-1-2-7-21(19)18-32/h1-2,5-8,10,20,24H,3-4,9,11-18H2,(H,30,34)/t24-/m0/s1. The second kappa shape index (κ2) is 9.65. The zero-order chi connectivity index (χ0) is 25.5. The van der Waals surface area contributed by atoms with Gasteiger partial charge < -0.3 is 15.1 Å². The van der Waals surface area contributed by atoms with Crippen molar-refractivity contribution in [2.75, 3.05) is 31.1 Å². The van der Waals surface area contributed by atoms with E-state index in [1.807, 2.05) is 17.0 Å². The van der Waals surface area contributed by atoms with Crippen molar-refractivity contribution < 1.29 is 19.2 Å². The fourth-order valence-electron chi connectivity index (χ4n) is 6.31. The summed E-state index contributed by atoms with van der Waals surface area (Å²) < 4.78 is 0. The highest BCUT2D eigenvalue weighted by Gasteiger charge is 2.45. The van der Waals surface area contributed by atoms with Crippen LogP contribution in [0.5, 0.6) is 0 Å². The first-order valence-corrected chi connectivity index (χ1v) is 13.4. The molecule has 0 aliphatic carbocycles. The Hall–Kier alpha value is -3.68. The zero-order valence-electron chi connectivity index (χ0n) is 20.9. The topological polar surface area (TPSA) is 90.0 Å². The first-order chi connectivity index (χ1) is 18.0. The number of hydrogen-bond acceptors (Lipinski definition) is 5. The third-order valence-corrected chi connectivity index (χ3v) is 8.37. The Morgan fingerprint density at radius 3 is 2.43 bits per heavy atom. The van der Waals surface area contributed by atoms with Crippen LogP contribution in [-0.2, 0) is 22.6 Å². The van der Waals surface area contributed by atoms with E-state index in [1.165, 1.54) is 16.0 Å². The summed E-state index contributed by atoms with van der Waals surface area (Å²) in [6, 6.07) is 12.9. The van der Waals surface area contributed by atoms with E-state index in [0.717, 1.165) is 31.5 Å². The molecule has 1 N–H and O–H groups in total. The Balaban J connectivity index is 1.16. The minimum absolute atomic E-state index is 0.0400. The van der Waals surface area contributed by atoms with Gasteiger partial charge in [-0.05, 0) is 61.8 Å². The summed E-state index contributed by atoms with van der Waals surface area (Å²) in [5.41, 5.74) is 4.04. The third kappa shape index (κ3) is 4.18. The highest BCUT2D eigenvalue weighted by atomic mass is 16.2. The lowest BCUT2D eigenvalue weighted by Crippen LogP contribution is -2.48. The molecule has 1 atom stereocenters.